The second-order valence-corrected chi connectivity index (χ2v) is 19.0. The highest BCUT2D eigenvalue weighted by molar-refractivity contribution is 5.77. The van der Waals surface area contributed by atoms with Gasteiger partial charge in [-0.3, -0.25) is 9.59 Å². The van der Waals surface area contributed by atoms with Gasteiger partial charge >= 0.3 is 5.97 Å². The summed E-state index contributed by atoms with van der Waals surface area (Å²) in [6, 6.07) is -0.699. The standard InChI is InChI=1S/C56H107NO5/c1-4-7-10-13-16-19-22-25-26-27-28-31-32-35-38-41-44-47-52(62-56(61)49-46-43-40-37-34-30-24-21-18-15-12-9-6-3)50-55(60)57-53(51-58)54(59)48-45-42-39-36-33-29-23-20-17-14-11-8-5-2/h16,19,25-26,52-54,58-59H,4-15,17-18,20-24,27-51H2,1-3H3,(H,57,60)/b19-16-,26-25-. The topological polar surface area (TPSA) is 95.9 Å². The minimum atomic E-state index is -0.786. The average molecular weight is 874 g/mol. The number of carbonyl (C=O) groups excluding carboxylic acids is 2. The van der Waals surface area contributed by atoms with Crippen molar-refractivity contribution in [2.75, 3.05) is 6.61 Å². The fourth-order valence-corrected chi connectivity index (χ4v) is 8.58. The van der Waals surface area contributed by atoms with E-state index >= 15 is 0 Å². The van der Waals surface area contributed by atoms with Crippen LogP contribution in [0.3, 0.4) is 0 Å². The van der Waals surface area contributed by atoms with Crippen LogP contribution in [0.25, 0.3) is 0 Å². The molecule has 0 spiro atoms. The van der Waals surface area contributed by atoms with E-state index in [1.165, 1.54) is 186 Å². The summed E-state index contributed by atoms with van der Waals surface area (Å²) in [5, 5.41) is 23.8. The van der Waals surface area contributed by atoms with Crippen LogP contribution in [0, 0.1) is 0 Å². The van der Waals surface area contributed by atoms with Crippen LogP contribution in [0.15, 0.2) is 24.3 Å². The summed E-state index contributed by atoms with van der Waals surface area (Å²) in [4.78, 5) is 26.2. The lowest BCUT2D eigenvalue weighted by molar-refractivity contribution is -0.151. The van der Waals surface area contributed by atoms with Crippen LogP contribution in [0.4, 0.5) is 0 Å². The van der Waals surface area contributed by atoms with Crippen molar-refractivity contribution in [3.05, 3.63) is 24.3 Å². The monoisotopic (exact) mass is 874 g/mol. The molecule has 0 aliphatic heterocycles. The highest BCUT2D eigenvalue weighted by Gasteiger charge is 2.24. The maximum atomic E-state index is 13.2. The summed E-state index contributed by atoms with van der Waals surface area (Å²) in [7, 11) is 0. The minimum Gasteiger partial charge on any atom is -0.462 e. The van der Waals surface area contributed by atoms with Gasteiger partial charge in [-0.15, -0.1) is 0 Å². The largest absolute Gasteiger partial charge is 0.462 e. The number of carbonyl (C=O) groups is 2. The van der Waals surface area contributed by atoms with Gasteiger partial charge in [0, 0.05) is 6.42 Å². The quantitative estimate of drug-likeness (QED) is 0.0321. The van der Waals surface area contributed by atoms with E-state index in [0.29, 0.717) is 19.3 Å². The zero-order valence-electron chi connectivity index (χ0n) is 41.8. The van der Waals surface area contributed by atoms with Gasteiger partial charge in [0.1, 0.15) is 6.10 Å². The van der Waals surface area contributed by atoms with Crippen LogP contribution in [0.5, 0.6) is 0 Å². The number of aliphatic hydroxyl groups excluding tert-OH is 2. The minimum absolute atomic E-state index is 0.0778. The maximum absolute atomic E-state index is 13.2. The fourth-order valence-electron chi connectivity index (χ4n) is 8.58. The lowest BCUT2D eigenvalue weighted by atomic mass is 10.0. The third kappa shape index (κ3) is 44.9. The maximum Gasteiger partial charge on any atom is 0.306 e. The summed E-state index contributed by atoms with van der Waals surface area (Å²) in [6.45, 7) is 6.48. The summed E-state index contributed by atoms with van der Waals surface area (Å²) in [5.74, 6) is -0.465. The zero-order valence-corrected chi connectivity index (χ0v) is 41.8. The van der Waals surface area contributed by atoms with Crippen LogP contribution in [-0.4, -0.2) is 46.9 Å². The first-order valence-electron chi connectivity index (χ1n) is 27.6. The van der Waals surface area contributed by atoms with E-state index in [9.17, 15) is 19.8 Å². The smallest absolute Gasteiger partial charge is 0.306 e. The second-order valence-electron chi connectivity index (χ2n) is 19.0. The van der Waals surface area contributed by atoms with Gasteiger partial charge in [0.25, 0.3) is 0 Å². The molecule has 6 nitrogen and oxygen atoms in total. The number of hydrogen-bond donors (Lipinski definition) is 3. The Balaban J connectivity index is 4.56. The Morgan fingerprint density at radius 3 is 1.26 bits per heavy atom. The normalized spacial score (nSPS) is 13.3. The molecular weight excluding hydrogens is 767 g/mol. The molecule has 0 saturated carbocycles. The van der Waals surface area contributed by atoms with Gasteiger partial charge in [-0.25, -0.2) is 0 Å². The average Bonchev–Trinajstić information content (AvgIpc) is 3.26. The molecule has 0 heterocycles. The number of rotatable bonds is 50. The van der Waals surface area contributed by atoms with Crippen molar-refractivity contribution < 1.29 is 24.5 Å². The lowest BCUT2D eigenvalue weighted by Gasteiger charge is -2.24. The Hall–Kier alpha value is -1.66. The molecule has 0 bridgehead atoms. The first kappa shape index (κ1) is 60.3. The van der Waals surface area contributed by atoms with E-state index < -0.39 is 18.2 Å². The summed E-state index contributed by atoms with van der Waals surface area (Å²) >= 11 is 0. The molecule has 0 aromatic heterocycles. The van der Waals surface area contributed by atoms with Crippen LogP contribution >= 0.6 is 0 Å². The van der Waals surface area contributed by atoms with E-state index in [2.05, 4.69) is 50.4 Å². The van der Waals surface area contributed by atoms with Gasteiger partial charge in [-0.1, -0.05) is 251 Å². The second kappa shape index (κ2) is 50.3. The number of esters is 1. The number of aliphatic hydroxyl groups is 2. The summed E-state index contributed by atoms with van der Waals surface area (Å²) in [6.07, 6.45) is 58.0. The molecular formula is C56H107NO5. The highest BCUT2D eigenvalue weighted by Crippen LogP contribution is 2.18. The Morgan fingerprint density at radius 2 is 0.823 bits per heavy atom. The number of ether oxygens (including phenoxy) is 1. The van der Waals surface area contributed by atoms with Crippen LogP contribution in [0.1, 0.15) is 297 Å². The lowest BCUT2D eigenvalue weighted by Crippen LogP contribution is -2.46. The first-order chi connectivity index (χ1) is 30.5. The van der Waals surface area contributed by atoms with E-state index in [1.807, 2.05) is 0 Å². The Morgan fingerprint density at radius 1 is 0.468 bits per heavy atom. The molecule has 0 aliphatic carbocycles. The van der Waals surface area contributed by atoms with E-state index in [1.54, 1.807) is 0 Å². The SMILES string of the molecule is CCCCC/C=C\C/C=C\CCCCCCCCCC(CC(=O)NC(CO)C(O)CCCCCCCCCCCCCCC)OC(=O)CCCCCCCCCCCCCCC. The number of amides is 1. The molecule has 0 radical (unpaired) electrons. The summed E-state index contributed by atoms with van der Waals surface area (Å²) < 4.78 is 5.95. The van der Waals surface area contributed by atoms with Crippen molar-refractivity contribution in [3.8, 4) is 0 Å². The molecule has 366 valence electrons. The fraction of sp³-hybridized carbons (Fsp3) is 0.893. The van der Waals surface area contributed by atoms with Crippen LogP contribution < -0.4 is 5.32 Å². The third-order valence-electron chi connectivity index (χ3n) is 12.8. The molecule has 3 unspecified atom stereocenters. The van der Waals surface area contributed by atoms with Gasteiger partial charge in [0.15, 0.2) is 0 Å². The number of allylic oxidation sites excluding steroid dienone is 4. The van der Waals surface area contributed by atoms with Gasteiger partial charge < -0.3 is 20.3 Å². The van der Waals surface area contributed by atoms with Gasteiger partial charge in [-0.2, -0.15) is 0 Å². The van der Waals surface area contributed by atoms with Crippen LogP contribution in [-0.2, 0) is 14.3 Å². The molecule has 6 heteroatoms. The number of unbranched alkanes of at least 4 members (excludes halogenated alkanes) is 34. The molecule has 3 N–H and O–H groups in total. The van der Waals surface area contributed by atoms with Crippen molar-refractivity contribution in [3.63, 3.8) is 0 Å². The molecule has 0 aliphatic rings. The zero-order chi connectivity index (χ0) is 45.2. The Kier molecular flexibility index (Phi) is 49.0. The molecule has 0 aromatic rings. The van der Waals surface area contributed by atoms with E-state index in [-0.39, 0.29) is 24.9 Å². The van der Waals surface area contributed by atoms with E-state index in [4.69, 9.17) is 4.74 Å². The molecule has 0 fully saturated rings. The van der Waals surface area contributed by atoms with Gasteiger partial charge in [0.05, 0.1) is 25.2 Å². The molecule has 0 saturated heterocycles. The van der Waals surface area contributed by atoms with Crippen molar-refractivity contribution in [2.45, 2.75) is 315 Å². The predicted molar refractivity (Wildman–Crippen MR) is 269 cm³/mol. The summed E-state index contributed by atoms with van der Waals surface area (Å²) in [5.41, 5.74) is 0. The molecule has 62 heavy (non-hydrogen) atoms. The van der Waals surface area contributed by atoms with Crippen molar-refractivity contribution in [1.29, 1.82) is 0 Å². The molecule has 1 amide bonds. The molecule has 3 atom stereocenters. The number of nitrogens with one attached hydrogen (secondary N) is 1. The predicted octanol–water partition coefficient (Wildman–Crippen LogP) is 16.7. The van der Waals surface area contributed by atoms with Crippen molar-refractivity contribution in [1.82, 2.24) is 5.32 Å². The van der Waals surface area contributed by atoms with Crippen molar-refractivity contribution in [2.24, 2.45) is 0 Å². The molecule has 0 aromatic carbocycles. The van der Waals surface area contributed by atoms with E-state index in [0.717, 1.165) is 64.2 Å². The Labute approximate surface area is 386 Å². The van der Waals surface area contributed by atoms with Gasteiger partial charge in [0.2, 0.25) is 5.91 Å². The molecule has 0 rings (SSSR count). The van der Waals surface area contributed by atoms with Crippen molar-refractivity contribution >= 4 is 11.9 Å². The number of hydrogen-bond acceptors (Lipinski definition) is 5. The van der Waals surface area contributed by atoms with Gasteiger partial charge in [-0.05, 0) is 57.8 Å². The third-order valence-corrected chi connectivity index (χ3v) is 12.8. The van der Waals surface area contributed by atoms with Crippen LogP contribution in [0.2, 0.25) is 0 Å². The first-order valence-corrected chi connectivity index (χ1v) is 27.6. The highest BCUT2D eigenvalue weighted by atomic mass is 16.5. The Bertz CT molecular complexity index is 981.